The molecule has 3 N–H and O–H groups in total. The van der Waals surface area contributed by atoms with Crippen LogP contribution in [0.3, 0.4) is 0 Å². The molecule has 0 aliphatic heterocycles. The van der Waals surface area contributed by atoms with Gasteiger partial charge in [0, 0.05) is 25.7 Å². The van der Waals surface area contributed by atoms with Gasteiger partial charge in [-0.3, -0.25) is 37.3 Å². The zero-order chi connectivity index (χ0) is 76.0. The minimum Gasteiger partial charge on any atom is -0.462 e. The molecular formula is C85H134O17P2. The molecule has 0 saturated carbocycles. The minimum atomic E-state index is -5.01. The lowest BCUT2D eigenvalue weighted by Crippen LogP contribution is -2.30. The number of hydrogen-bond donors (Lipinski definition) is 3. The maximum absolute atomic E-state index is 13.1. The summed E-state index contributed by atoms with van der Waals surface area (Å²) >= 11 is 0. The molecule has 586 valence electrons. The van der Waals surface area contributed by atoms with Crippen LogP contribution in [0.15, 0.2) is 194 Å². The molecule has 0 heterocycles. The Labute approximate surface area is 627 Å². The van der Waals surface area contributed by atoms with Gasteiger partial charge in [-0.2, -0.15) is 0 Å². The summed E-state index contributed by atoms with van der Waals surface area (Å²) in [6, 6.07) is 0. The maximum atomic E-state index is 13.1. The van der Waals surface area contributed by atoms with Gasteiger partial charge < -0.3 is 33.8 Å². The zero-order valence-corrected chi connectivity index (χ0v) is 65.6. The van der Waals surface area contributed by atoms with Crippen molar-refractivity contribution in [2.24, 2.45) is 0 Å². The number of esters is 4. The van der Waals surface area contributed by atoms with Crippen molar-refractivity contribution in [2.75, 3.05) is 39.6 Å². The van der Waals surface area contributed by atoms with E-state index in [9.17, 15) is 43.2 Å². The van der Waals surface area contributed by atoms with Gasteiger partial charge in [0.05, 0.1) is 26.4 Å². The molecule has 0 radical (unpaired) electrons. The summed E-state index contributed by atoms with van der Waals surface area (Å²) in [5.41, 5.74) is 0. The van der Waals surface area contributed by atoms with E-state index in [0.29, 0.717) is 32.1 Å². The fourth-order valence-corrected chi connectivity index (χ4v) is 10.9. The largest absolute Gasteiger partial charge is 0.472 e. The summed E-state index contributed by atoms with van der Waals surface area (Å²) < 4.78 is 68.4. The molecule has 0 saturated heterocycles. The van der Waals surface area contributed by atoms with Crippen molar-refractivity contribution in [3.05, 3.63) is 194 Å². The van der Waals surface area contributed by atoms with E-state index in [4.69, 9.17) is 37.0 Å². The number of phosphoric ester groups is 2. The summed E-state index contributed by atoms with van der Waals surface area (Å²) in [7, 11) is -10.0. The van der Waals surface area contributed by atoms with Crippen LogP contribution < -0.4 is 0 Å². The Hall–Kier alpha value is -6.10. The van der Waals surface area contributed by atoms with Gasteiger partial charge in [-0.25, -0.2) is 9.13 Å². The summed E-state index contributed by atoms with van der Waals surface area (Å²) in [5, 5.41) is 10.6. The van der Waals surface area contributed by atoms with Gasteiger partial charge in [-0.15, -0.1) is 0 Å². The number of allylic oxidation sites excluding steroid dienone is 32. The van der Waals surface area contributed by atoms with Crippen molar-refractivity contribution in [1.82, 2.24) is 0 Å². The number of carbonyl (C=O) groups excluding carboxylic acids is 4. The van der Waals surface area contributed by atoms with E-state index in [1.807, 2.05) is 18.2 Å². The van der Waals surface area contributed by atoms with E-state index in [0.717, 1.165) is 173 Å². The fourth-order valence-electron chi connectivity index (χ4n) is 9.32. The predicted molar refractivity (Wildman–Crippen MR) is 426 cm³/mol. The lowest BCUT2D eigenvalue weighted by Gasteiger charge is -2.21. The summed E-state index contributed by atoms with van der Waals surface area (Å²) in [6.45, 7) is 4.21. The second-order valence-corrected chi connectivity index (χ2v) is 27.7. The van der Waals surface area contributed by atoms with Crippen LogP contribution in [0.25, 0.3) is 0 Å². The van der Waals surface area contributed by atoms with Gasteiger partial charge in [0.15, 0.2) is 12.2 Å². The third kappa shape index (κ3) is 74.2. The van der Waals surface area contributed by atoms with E-state index in [1.165, 1.54) is 0 Å². The molecule has 0 amide bonds. The van der Waals surface area contributed by atoms with Crippen LogP contribution in [0.2, 0.25) is 0 Å². The quantitative estimate of drug-likeness (QED) is 0.0169. The first kappa shape index (κ1) is 97.9. The molecule has 5 atom stereocenters. The normalized spacial score (nSPS) is 15.0. The smallest absolute Gasteiger partial charge is 0.462 e. The second-order valence-electron chi connectivity index (χ2n) is 24.8. The van der Waals surface area contributed by atoms with E-state index in [1.54, 1.807) is 0 Å². The molecule has 0 aromatic rings. The highest BCUT2D eigenvalue weighted by molar-refractivity contribution is 7.47. The third-order valence-corrected chi connectivity index (χ3v) is 17.0. The number of carbonyl (C=O) groups is 4. The number of rotatable bonds is 70. The Morgan fingerprint density at radius 2 is 0.490 bits per heavy atom. The Bertz CT molecular complexity index is 2740. The van der Waals surface area contributed by atoms with Gasteiger partial charge in [-0.05, 0) is 167 Å². The molecule has 0 fully saturated rings. The number of phosphoric acid groups is 2. The van der Waals surface area contributed by atoms with E-state index in [-0.39, 0.29) is 25.7 Å². The highest BCUT2D eigenvalue weighted by Gasteiger charge is 2.30. The van der Waals surface area contributed by atoms with Crippen LogP contribution in [0, 0.1) is 0 Å². The standard InChI is InChI=1S/C85H134O17P2/c1-5-9-13-17-21-25-29-33-37-38-39-40-44-46-50-54-58-62-66-70-83(88)96-76-81(102-85(90)72-68-64-60-56-52-48-43-36-32-28-24-20-16-12-8-4)78-100-104(93,94)98-74-79(86)73-97-103(91,92)99-77-80(101-84(89)71-67-63-59-55-51-47-42-35-31-27-23-19-15-11-7-3)75-95-82(87)69-65-61-57-53-49-45-41-34-30-26-22-18-14-10-6-2/h9-16,21-28,33-37,39-43,46,49-50,53,58,62,79-81,86H,5-8,17-20,29-32,38,44-45,47-48,51-52,54-57,59-61,63-78H2,1-4H3,(H,91,92)(H,93,94)/b13-9-,14-10-,15-11-,16-12-,25-21-,26-22-,27-23-,28-24-,37-33-,40-39-,41-34-,42-35-,43-36-,50-46-,53-49-,62-58-. The van der Waals surface area contributed by atoms with Crippen LogP contribution in [0.4, 0.5) is 0 Å². The molecule has 0 spiro atoms. The Kier molecular flexibility index (Phi) is 70.7. The molecule has 0 rings (SSSR count). The SMILES string of the molecule is CC/C=C\C/C=C\C/C=C\C/C=C\C/C=C\C/C=C\CCC(=O)OCC(COP(=O)(O)OCC(O)COP(=O)(O)OCC(COC(=O)CCCC/C=C\C/C=C\C/C=C\C/C=C\CC)OC(=O)CCCCCCC/C=C\C/C=C\C/C=C\CC)OC(=O)CCCCCCC/C=C\C/C=C\C/C=C\CC. The number of hydrogen-bond acceptors (Lipinski definition) is 15. The van der Waals surface area contributed by atoms with Gasteiger partial charge in [0.1, 0.15) is 19.3 Å². The number of ether oxygens (including phenoxy) is 4. The van der Waals surface area contributed by atoms with Crippen LogP contribution in [0.1, 0.15) is 259 Å². The number of aliphatic hydroxyl groups excluding tert-OH is 1. The maximum Gasteiger partial charge on any atom is 0.472 e. The molecular weight excluding hydrogens is 1350 g/mol. The van der Waals surface area contributed by atoms with Crippen molar-refractivity contribution in [3.8, 4) is 0 Å². The predicted octanol–water partition coefficient (Wildman–Crippen LogP) is 22.5. The monoisotopic (exact) mass is 1490 g/mol. The fraction of sp³-hybridized carbons (Fsp3) is 0.576. The zero-order valence-electron chi connectivity index (χ0n) is 63.9. The lowest BCUT2D eigenvalue weighted by molar-refractivity contribution is -0.161. The molecule has 0 aliphatic carbocycles. The second kappa shape index (κ2) is 75.1. The van der Waals surface area contributed by atoms with Crippen molar-refractivity contribution in [3.63, 3.8) is 0 Å². The first-order chi connectivity index (χ1) is 50.7. The van der Waals surface area contributed by atoms with Crippen molar-refractivity contribution in [1.29, 1.82) is 0 Å². The summed E-state index contributed by atoms with van der Waals surface area (Å²) in [5.74, 6) is -2.38. The molecule has 0 aliphatic rings. The third-order valence-electron chi connectivity index (χ3n) is 15.1. The first-order valence-corrected chi connectivity index (χ1v) is 41.7. The molecule has 19 heteroatoms. The molecule has 104 heavy (non-hydrogen) atoms. The number of unbranched alkanes of at least 4 members (excludes halogenated alkanes) is 12. The number of aliphatic hydroxyl groups is 1. The van der Waals surface area contributed by atoms with Gasteiger partial charge in [-0.1, -0.05) is 261 Å². The molecule has 17 nitrogen and oxygen atoms in total. The van der Waals surface area contributed by atoms with E-state index >= 15 is 0 Å². The average Bonchev–Trinajstić information content (AvgIpc) is 0.918. The highest BCUT2D eigenvalue weighted by Crippen LogP contribution is 2.45. The lowest BCUT2D eigenvalue weighted by atomic mass is 10.1. The minimum absolute atomic E-state index is 0.0234. The first-order valence-electron chi connectivity index (χ1n) is 38.7. The Morgan fingerprint density at radius 1 is 0.269 bits per heavy atom. The van der Waals surface area contributed by atoms with E-state index < -0.39 is 97.5 Å². The molecule has 0 aromatic heterocycles. The molecule has 0 aromatic carbocycles. The van der Waals surface area contributed by atoms with Gasteiger partial charge >= 0.3 is 39.5 Å². The Morgan fingerprint density at radius 3 is 0.798 bits per heavy atom. The topological polar surface area (TPSA) is 237 Å². The molecule has 5 unspecified atom stereocenters. The average molecular weight is 1490 g/mol. The summed E-state index contributed by atoms with van der Waals surface area (Å²) in [6.07, 6.45) is 91.5. The Balaban J connectivity index is 5.51. The van der Waals surface area contributed by atoms with Crippen LogP contribution >= 0.6 is 15.6 Å². The van der Waals surface area contributed by atoms with Crippen molar-refractivity contribution >= 4 is 39.5 Å². The summed E-state index contributed by atoms with van der Waals surface area (Å²) in [4.78, 5) is 72.9. The van der Waals surface area contributed by atoms with Gasteiger partial charge in [0.25, 0.3) is 0 Å². The highest BCUT2D eigenvalue weighted by atomic mass is 31.2. The van der Waals surface area contributed by atoms with Gasteiger partial charge in [0.2, 0.25) is 0 Å². The van der Waals surface area contributed by atoms with E-state index in [2.05, 4.69) is 204 Å². The molecule has 0 bridgehead atoms. The van der Waals surface area contributed by atoms with Crippen LogP contribution in [0.5, 0.6) is 0 Å². The van der Waals surface area contributed by atoms with Crippen LogP contribution in [-0.2, 0) is 65.4 Å². The van der Waals surface area contributed by atoms with Crippen molar-refractivity contribution < 1.29 is 80.2 Å². The van der Waals surface area contributed by atoms with Crippen LogP contribution in [-0.4, -0.2) is 96.7 Å². The van der Waals surface area contributed by atoms with Crippen molar-refractivity contribution in [2.45, 2.75) is 277 Å².